The number of carbonyl (C=O) groups is 1. The molecule has 0 heterocycles. The maximum atomic E-state index is 13.2. The fourth-order valence-electron chi connectivity index (χ4n) is 5.13. The molecule has 4 fully saturated rings. The molecule has 4 aliphatic rings. The van der Waals surface area contributed by atoms with Gasteiger partial charge in [-0.25, -0.2) is 4.79 Å². The fourth-order valence-corrected chi connectivity index (χ4v) is 5.13. The predicted octanol–water partition coefficient (Wildman–Crippen LogP) is 3.70. The number of halogens is 2. The van der Waals surface area contributed by atoms with Crippen LogP contribution in [0.3, 0.4) is 0 Å². The first-order valence-electron chi connectivity index (χ1n) is 7.00. The van der Waals surface area contributed by atoms with E-state index in [-0.39, 0.29) is 5.41 Å². The van der Waals surface area contributed by atoms with E-state index in [2.05, 4.69) is 0 Å². The van der Waals surface area contributed by atoms with E-state index < -0.39 is 18.3 Å². The molecule has 0 atom stereocenters. The van der Waals surface area contributed by atoms with Crippen LogP contribution >= 0.6 is 0 Å². The summed E-state index contributed by atoms with van der Waals surface area (Å²) < 4.78 is 26.5. The molecule has 18 heavy (non-hydrogen) atoms. The van der Waals surface area contributed by atoms with Gasteiger partial charge >= 0.3 is 11.9 Å². The van der Waals surface area contributed by atoms with Gasteiger partial charge in [-0.2, -0.15) is 8.78 Å². The molecule has 0 aromatic carbocycles. The lowest BCUT2D eigenvalue weighted by Crippen LogP contribution is -2.46. The quantitative estimate of drug-likeness (QED) is 0.834. The minimum Gasteiger partial charge on any atom is -0.477 e. The molecule has 0 spiro atoms. The molecular weight excluding hydrogens is 238 g/mol. The SMILES string of the molecule is O=C(O)C(F)(F)CCC12CC3CC(CC(C3)C1)C2. The first-order chi connectivity index (χ1) is 8.39. The van der Waals surface area contributed by atoms with Crippen LogP contribution in [0, 0.1) is 23.2 Å². The maximum Gasteiger partial charge on any atom is 0.374 e. The Morgan fingerprint density at radius 3 is 1.94 bits per heavy atom. The number of aliphatic carboxylic acids is 1. The van der Waals surface area contributed by atoms with Gasteiger partial charge in [0.2, 0.25) is 0 Å². The van der Waals surface area contributed by atoms with Gasteiger partial charge in [-0.15, -0.1) is 0 Å². The van der Waals surface area contributed by atoms with Crippen LogP contribution in [0.1, 0.15) is 51.4 Å². The third-order valence-electron chi connectivity index (χ3n) is 5.45. The average molecular weight is 258 g/mol. The molecule has 0 aromatic rings. The zero-order chi connectivity index (χ0) is 13.0. The first-order valence-corrected chi connectivity index (χ1v) is 7.00. The van der Waals surface area contributed by atoms with E-state index in [9.17, 15) is 13.6 Å². The van der Waals surface area contributed by atoms with Crippen molar-refractivity contribution in [3.8, 4) is 0 Å². The van der Waals surface area contributed by atoms with Gasteiger partial charge in [-0.3, -0.25) is 0 Å². The molecule has 4 bridgehead atoms. The van der Waals surface area contributed by atoms with Crippen LogP contribution in [0.15, 0.2) is 0 Å². The first kappa shape index (κ1) is 12.4. The highest BCUT2D eigenvalue weighted by molar-refractivity contribution is 5.75. The Kier molecular flexibility index (Phi) is 2.69. The second-order valence-corrected chi connectivity index (χ2v) is 6.93. The Morgan fingerprint density at radius 2 is 1.56 bits per heavy atom. The molecule has 4 heteroatoms. The standard InChI is InChI=1S/C14H20F2O2/c15-14(16,12(17)18)2-1-13-6-9-3-10(7-13)5-11(4-9)8-13/h9-11H,1-8H2,(H,17,18). The lowest BCUT2D eigenvalue weighted by atomic mass is 9.48. The van der Waals surface area contributed by atoms with E-state index >= 15 is 0 Å². The molecule has 0 unspecified atom stereocenters. The molecule has 0 radical (unpaired) electrons. The molecule has 0 saturated heterocycles. The van der Waals surface area contributed by atoms with Crippen LogP contribution in [-0.4, -0.2) is 17.0 Å². The highest BCUT2D eigenvalue weighted by Crippen LogP contribution is 2.62. The van der Waals surface area contributed by atoms with E-state index in [1.165, 1.54) is 19.3 Å². The van der Waals surface area contributed by atoms with Gasteiger partial charge in [0, 0.05) is 6.42 Å². The van der Waals surface area contributed by atoms with Crippen LogP contribution < -0.4 is 0 Å². The Bertz CT molecular complexity index is 330. The van der Waals surface area contributed by atoms with Gasteiger partial charge < -0.3 is 5.11 Å². The summed E-state index contributed by atoms with van der Waals surface area (Å²) in [5.74, 6) is -3.31. The summed E-state index contributed by atoms with van der Waals surface area (Å²) >= 11 is 0. The van der Waals surface area contributed by atoms with Gasteiger partial charge in [0.25, 0.3) is 0 Å². The van der Waals surface area contributed by atoms with Crippen molar-refractivity contribution in [2.45, 2.75) is 57.3 Å². The summed E-state index contributed by atoms with van der Waals surface area (Å²) in [6.45, 7) is 0. The monoisotopic (exact) mass is 258 g/mol. The Balaban J connectivity index is 1.67. The molecule has 0 aromatic heterocycles. The fraction of sp³-hybridized carbons (Fsp3) is 0.929. The number of hydrogen-bond acceptors (Lipinski definition) is 1. The Labute approximate surface area is 106 Å². The van der Waals surface area contributed by atoms with Crippen molar-refractivity contribution >= 4 is 5.97 Å². The number of carboxylic acids is 1. The molecule has 0 amide bonds. The third kappa shape index (κ3) is 2.04. The Morgan fingerprint density at radius 1 is 1.11 bits per heavy atom. The number of alkyl halides is 2. The van der Waals surface area contributed by atoms with E-state index in [1.54, 1.807) is 0 Å². The van der Waals surface area contributed by atoms with Gasteiger partial charge in [-0.05, 0) is 68.1 Å². The smallest absolute Gasteiger partial charge is 0.374 e. The zero-order valence-electron chi connectivity index (χ0n) is 10.5. The molecule has 0 aliphatic heterocycles. The maximum absolute atomic E-state index is 13.2. The van der Waals surface area contributed by atoms with Crippen LogP contribution in [0.5, 0.6) is 0 Å². The Hall–Kier alpha value is -0.670. The van der Waals surface area contributed by atoms with Crippen molar-refractivity contribution in [1.29, 1.82) is 0 Å². The van der Waals surface area contributed by atoms with E-state index in [1.807, 2.05) is 0 Å². The second-order valence-electron chi connectivity index (χ2n) is 6.93. The molecule has 4 aliphatic carbocycles. The van der Waals surface area contributed by atoms with E-state index in [0.29, 0.717) is 6.42 Å². The highest BCUT2D eigenvalue weighted by atomic mass is 19.3. The van der Waals surface area contributed by atoms with Gasteiger partial charge in [-0.1, -0.05) is 0 Å². The summed E-state index contributed by atoms with van der Waals surface area (Å²) in [4.78, 5) is 10.5. The van der Waals surface area contributed by atoms with Crippen molar-refractivity contribution in [3.63, 3.8) is 0 Å². The molecule has 1 N–H and O–H groups in total. The predicted molar refractivity (Wildman–Crippen MR) is 62.4 cm³/mol. The van der Waals surface area contributed by atoms with Gasteiger partial charge in [0.05, 0.1) is 0 Å². The van der Waals surface area contributed by atoms with E-state index in [0.717, 1.165) is 37.0 Å². The summed E-state index contributed by atoms with van der Waals surface area (Å²) in [5.41, 5.74) is 0.0492. The lowest BCUT2D eigenvalue weighted by Gasteiger charge is -2.57. The normalized spacial score (nSPS) is 42.2. The third-order valence-corrected chi connectivity index (χ3v) is 5.45. The number of carboxylic acid groups (broad SMARTS) is 1. The minimum absolute atomic E-state index is 0.0492. The van der Waals surface area contributed by atoms with Crippen molar-refractivity contribution in [1.82, 2.24) is 0 Å². The second kappa shape index (κ2) is 3.91. The van der Waals surface area contributed by atoms with Crippen molar-refractivity contribution in [2.75, 3.05) is 0 Å². The van der Waals surface area contributed by atoms with Gasteiger partial charge in [0.15, 0.2) is 0 Å². The van der Waals surface area contributed by atoms with Crippen molar-refractivity contribution in [3.05, 3.63) is 0 Å². The van der Waals surface area contributed by atoms with E-state index in [4.69, 9.17) is 5.11 Å². The average Bonchev–Trinajstić information content (AvgIpc) is 2.24. The molecule has 4 saturated carbocycles. The van der Waals surface area contributed by atoms with Crippen molar-refractivity contribution < 1.29 is 18.7 Å². The topological polar surface area (TPSA) is 37.3 Å². The van der Waals surface area contributed by atoms with Crippen LogP contribution in [0.25, 0.3) is 0 Å². The number of hydrogen-bond donors (Lipinski definition) is 1. The largest absolute Gasteiger partial charge is 0.477 e. The van der Waals surface area contributed by atoms with Crippen molar-refractivity contribution in [2.24, 2.45) is 23.2 Å². The summed E-state index contributed by atoms with van der Waals surface area (Å²) in [7, 11) is 0. The van der Waals surface area contributed by atoms with Crippen LogP contribution in [-0.2, 0) is 4.79 Å². The van der Waals surface area contributed by atoms with Gasteiger partial charge in [0.1, 0.15) is 0 Å². The zero-order valence-corrected chi connectivity index (χ0v) is 10.5. The molecular formula is C14H20F2O2. The molecule has 4 rings (SSSR count). The molecule has 102 valence electrons. The summed E-state index contributed by atoms with van der Waals surface area (Å²) in [5, 5.41) is 8.50. The minimum atomic E-state index is -3.54. The number of rotatable bonds is 4. The summed E-state index contributed by atoms with van der Waals surface area (Å²) in [6.07, 6.45) is 6.97. The summed E-state index contributed by atoms with van der Waals surface area (Å²) in [6, 6.07) is 0. The van der Waals surface area contributed by atoms with Crippen LogP contribution in [0.4, 0.5) is 8.78 Å². The molecule has 2 nitrogen and oxygen atoms in total. The van der Waals surface area contributed by atoms with Crippen LogP contribution in [0.2, 0.25) is 0 Å². The lowest BCUT2D eigenvalue weighted by molar-refractivity contribution is -0.168. The highest BCUT2D eigenvalue weighted by Gasteiger charge is 2.52.